The lowest BCUT2D eigenvalue weighted by atomic mass is 9.98. The lowest BCUT2D eigenvalue weighted by Gasteiger charge is -2.38. The SMILES string of the molecule is Cc1ccccc1C(C)N1CCNC(c2ccccc2)C1. The molecule has 1 aliphatic rings. The number of piperazine rings is 1. The molecule has 3 rings (SSSR count). The number of rotatable bonds is 3. The number of aryl methyl sites for hydroxylation is 1. The lowest BCUT2D eigenvalue weighted by Crippen LogP contribution is -2.46. The average molecular weight is 280 g/mol. The Morgan fingerprint density at radius 3 is 2.52 bits per heavy atom. The van der Waals surface area contributed by atoms with E-state index in [9.17, 15) is 0 Å². The average Bonchev–Trinajstić information content (AvgIpc) is 2.56. The highest BCUT2D eigenvalue weighted by Gasteiger charge is 2.25. The zero-order chi connectivity index (χ0) is 14.7. The van der Waals surface area contributed by atoms with Gasteiger partial charge in [0.2, 0.25) is 0 Å². The standard InChI is InChI=1S/C19H24N2/c1-15-8-6-7-11-18(15)16(2)21-13-12-20-19(14-21)17-9-4-3-5-10-17/h3-11,16,19-20H,12-14H2,1-2H3. The van der Waals surface area contributed by atoms with Gasteiger partial charge in [0.25, 0.3) is 0 Å². The maximum Gasteiger partial charge on any atom is 0.0449 e. The van der Waals surface area contributed by atoms with Gasteiger partial charge in [-0.3, -0.25) is 4.90 Å². The topological polar surface area (TPSA) is 15.3 Å². The van der Waals surface area contributed by atoms with Gasteiger partial charge >= 0.3 is 0 Å². The number of hydrogen-bond donors (Lipinski definition) is 1. The van der Waals surface area contributed by atoms with Gasteiger partial charge in [-0.2, -0.15) is 0 Å². The zero-order valence-corrected chi connectivity index (χ0v) is 12.9. The minimum atomic E-state index is 0.436. The molecule has 21 heavy (non-hydrogen) atoms. The smallest absolute Gasteiger partial charge is 0.0449 e. The normalized spacial score (nSPS) is 21.1. The second-order valence-corrected chi connectivity index (χ2v) is 5.94. The molecule has 2 heteroatoms. The van der Waals surface area contributed by atoms with E-state index in [1.165, 1.54) is 16.7 Å². The van der Waals surface area contributed by atoms with Crippen molar-refractivity contribution in [2.24, 2.45) is 0 Å². The summed E-state index contributed by atoms with van der Waals surface area (Å²) >= 11 is 0. The molecule has 0 radical (unpaired) electrons. The minimum Gasteiger partial charge on any atom is -0.308 e. The van der Waals surface area contributed by atoms with Crippen molar-refractivity contribution in [3.63, 3.8) is 0 Å². The highest BCUT2D eigenvalue weighted by atomic mass is 15.2. The third kappa shape index (κ3) is 3.17. The molecule has 1 aliphatic heterocycles. The largest absolute Gasteiger partial charge is 0.308 e. The molecule has 1 heterocycles. The fourth-order valence-electron chi connectivity index (χ4n) is 3.29. The molecular formula is C19H24N2. The van der Waals surface area contributed by atoms with Crippen LogP contribution in [0.3, 0.4) is 0 Å². The Balaban J connectivity index is 1.76. The van der Waals surface area contributed by atoms with Crippen LogP contribution in [0.25, 0.3) is 0 Å². The molecule has 1 saturated heterocycles. The highest BCUT2D eigenvalue weighted by molar-refractivity contribution is 5.29. The molecule has 0 aromatic heterocycles. The van der Waals surface area contributed by atoms with Crippen LogP contribution in [-0.2, 0) is 0 Å². The Kier molecular flexibility index (Phi) is 4.37. The molecular weight excluding hydrogens is 256 g/mol. The summed E-state index contributed by atoms with van der Waals surface area (Å²) in [4.78, 5) is 2.59. The van der Waals surface area contributed by atoms with Gasteiger partial charge in [-0.1, -0.05) is 54.6 Å². The van der Waals surface area contributed by atoms with Crippen molar-refractivity contribution in [1.29, 1.82) is 0 Å². The van der Waals surface area contributed by atoms with Gasteiger partial charge in [-0.05, 0) is 30.5 Å². The van der Waals surface area contributed by atoms with Gasteiger partial charge in [0.05, 0.1) is 0 Å². The van der Waals surface area contributed by atoms with Crippen molar-refractivity contribution in [1.82, 2.24) is 10.2 Å². The van der Waals surface area contributed by atoms with E-state index < -0.39 is 0 Å². The van der Waals surface area contributed by atoms with E-state index in [1.54, 1.807) is 0 Å². The van der Waals surface area contributed by atoms with E-state index >= 15 is 0 Å². The highest BCUT2D eigenvalue weighted by Crippen LogP contribution is 2.27. The van der Waals surface area contributed by atoms with Crippen LogP contribution < -0.4 is 5.32 Å². The van der Waals surface area contributed by atoms with Crippen molar-refractivity contribution >= 4 is 0 Å². The van der Waals surface area contributed by atoms with Crippen LogP contribution in [0, 0.1) is 6.92 Å². The van der Waals surface area contributed by atoms with Gasteiger partial charge in [-0.25, -0.2) is 0 Å². The summed E-state index contributed by atoms with van der Waals surface area (Å²) in [7, 11) is 0. The molecule has 2 unspecified atom stereocenters. The summed E-state index contributed by atoms with van der Waals surface area (Å²) in [6.45, 7) is 7.77. The van der Waals surface area contributed by atoms with Gasteiger partial charge in [0, 0.05) is 31.7 Å². The monoisotopic (exact) mass is 280 g/mol. The van der Waals surface area contributed by atoms with Crippen molar-refractivity contribution < 1.29 is 0 Å². The Morgan fingerprint density at radius 2 is 1.76 bits per heavy atom. The summed E-state index contributed by atoms with van der Waals surface area (Å²) < 4.78 is 0. The number of nitrogens with zero attached hydrogens (tertiary/aromatic N) is 1. The van der Waals surface area contributed by atoms with Gasteiger partial charge in [0.1, 0.15) is 0 Å². The molecule has 110 valence electrons. The molecule has 2 nitrogen and oxygen atoms in total. The molecule has 2 aromatic rings. The van der Waals surface area contributed by atoms with Crippen molar-refractivity contribution in [3.8, 4) is 0 Å². The fourth-order valence-corrected chi connectivity index (χ4v) is 3.29. The minimum absolute atomic E-state index is 0.436. The first kappa shape index (κ1) is 14.3. The Labute approximate surface area is 127 Å². The van der Waals surface area contributed by atoms with Crippen molar-refractivity contribution in [2.75, 3.05) is 19.6 Å². The second kappa shape index (κ2) is 6.42. The van der Waals surface area contributed by atoms with E-state index in [2.05, 4.69) is 78.7 Å². The first-order chi connectivity index (χ1) is 10.3. The van der Waals surface area contributed by atoms with Crippen LogP contribution in [0.4, 0.5) is 0 Å². The summed E-state index contributed by atoms with van der Waals surface area (Å²) in [5.41, 5.74) is 4.23. The summed E-state index contributed by atoms with van der Waals surface area (Å²) in [6, 6.07) is 20.4. The lowest BCUT2D eigenvalue weighted by molar-refractivity contribution is 0.153. The Morgan fingerprint density at radius 1 is 1.05 bits per heavy atom. The van der Waals surface area contributed by atoms with Crippen LogP contribution in [0.15, 0.2) is 54.6 Å². The van der Waals surface area contributed by atoms with E-state index in [4.69, 9.17) is 0 Å². The van der Waals surface area contributed by atoms with Crippen molar-refractivity contribution in [3.05, 3.63) is 71.3 Å². The van der Waals surface area contributed by atoms with E-state index in [0.29, 0.717) is 12.1 Å². The third-order valence-corrected chi connectivity index (χ3v) is 4.60. The Bertz CT molecular complexity index is 579. The number of benzene rings is 2. The van der Waals surface area contributed by atoms with Crippen LogP contribution in [0.5, 0.6) is 0 Å². The molecule has 0 spiro atoms. The molecule has 1 fully saturated rings. The first-order valence-electron chi connectivity index (χ1n) is 7.83. The summed E-state index contributed by atoms with van der Waals surface area (Å²) in [6.07, 6.45) is 0. The predicted molar refractivity (Wildman–Crippen MR) is 88.4 cm³/mol. The van der Waals surface area contributed by atoms with E-state index in [0.717, 1.165) is 19.6 Å². The molecule has 2 aromatic carbocycles. The van der Waals surface area contributed by atoms with Crippen LogP contribution in [-0.4, -0.2) is 24.5 Å². The van der Waals surface area contributed by atoms with Gasteiger partial charge in [0.15, 0.2) is 0 Å². The molecule has 0 aliphatic carbocycles. The first-order valence-corrected chi connectivity index (χ1v) is 7.83. The molecule has 0 saturated carbocycles. The second-order valence-electron chi connectivity index (χ2n) is 5.94. The quantitative estimate of drug-likeness (QED) is 0.922. The maximum absolute atomic E-state index is 3.64. The number of nitrogens with one attached hydrogen (secondary N) is 1. The summed E-state index contributed by atoms with van der Waals surface area (Å²) in [5, 5.41) is 3.64. The predicted octanol–water partition coefficient (Wildman–Crippen LogP) is 3.70. The van der Waals surface area contributed by atoms with Gasteiger partial charge in [-0.15, -0.1) is 0 Å². The fraction of sp³-hybridized carbons (Fsp3) is 0.368. The van der Waals surface area contributed by atoms with Crippen molar-refractivity contribution in [2.45, 2.75) is 25.9 Å². The third-order valence-electron chi connectivity index (χ3n) is 4.60. The molecule has 1 N–H and O–H groups in total. The Hall–Kier alpha value is -1.64. The van der Waals surface area contributed by atoms with Crippen LogP contribution >= 0.6 is 0 Å². The summed E-state index contributed by atoms with van der Waals surface area (Å²) in [5.74, 6) is 0. The van der Waals surface area contributed by atoms with E-state index in [-0.39, 0.29) is 0 Å². The number of hydrogen-bond acceptors (Lipinski definition) is 2. The molecule has 2 atom stereocenters. The van der Waals surface area contributed by atoms with Crippen LogP contribution in [0.2, 0.25) is 0 Å². The van der Waals surface area contributed by atoms with Crippen LogP contribution in [0.1, 0.15) is 35.7 Å². The van der Waals surface area contributed by atoms with Gasteiger partial charge < -0.3 is 5.32 Å². The maximum atomic E-state index is 3.64. The zero-order valence-electron chi connectivity index (χ0n) is 12.9. The van der Waals surface area contributed by atoms with E-state index in [1.807, 2.05) is 0 Å². The molecule has 0 bridgehead atoms. The molecule has 0 amide bonds.